The van der Waals surface area contributed by atoms with Crippen LogP contribution in [0.4, 0.5) is 0 Å². The molecule has 0 aliphatic heterocycles. The van der Waals surface area contributed by atoms with Gasteiger partial charge >= 0.3 is 0 Å². The maximum atomic E-state index is 5.92. The number of benzene rings is 1. The lowest BCUT2D eigenvalue weighted by molar-refractivity contribution is 0.435. The summed E-state index contributed by atoms with van der Waals surface area (Å²) in [7, 11) is 0. The predicted octanol–water partition coefficient (Wildman–Crippen LogP) is 3.26. The second-order valence-electron chi connectivity index (χ2n) is 4.71. The molecule has 1 heterocycles. The highest BCUT2D eigenvalue weighted by Gasteiger charge is 2.13. The molecular weight excluding hydrogens is 268 g/mol. The van der Waals surface area contributed by atoms with Gasteiger partial charge in [-0.3, -0.25) is 0 Å². The molecule has 0 saturated heterocycles. The topological polar surface area (TPSA) is 52.0 Å². The predicted molar refractivity (Wildman–Crippen MR) is 68.3 cm³/mol. The Morgan fingerprint density at radius 1 is 1.44 bits per heavy atom. The molecule has 16 heavy (non-hydrogen) atoms. The Bertz CT molecular complexity index is 499. The van der Waals surface area contributed by atoms with Crippen molar-refractivity contribution in [3.8, 4) is 0 Å². The number of nitrogens with two attached hydrogens (primary N) is 1. The first-order valence-corrected chi connectivity index (χ1v) is 6.07. The van der Waals surface area contributed by atoms with E-state index >= 15 is 0 Å². The molecule has 2 N–H and O–H groups in total. The van der Waals surface area contributed by atoms with Crippen molar-refractivity contribution < 1.29 is 4.42 Å². The number of fused-ring (bicyclic) bond motifs is 1. The molecule has 0 saturated carbocycles. The number of rotatable bonds is 3. The van der Waals surface area contributed by atoms with Crippen LogP contribution >= 0.6 is 15.9 Å². The molecule has 2 aromatic rings. The monoisotopic (exact) mass is 282 g/mol. The van der Waals surface area contributed by atoms with Gasteiger partial charge in [-0.2, -0.15) is 0 Å². The summed E-state index contributed by atoms with van der Waals surface area (Å²) in [6, 6.07) is 5.82. The molecule has 0 amide bonds. The Kier molecular flexibility index (Phi) is 3.04. The summed E-state index contributed by atoms with van der Waals surface area (Å²) < 4.78 is 6.64. The van der Waals surface area contributed by atoms with Gasteiger partial charge in [-0.15, -0.1) is 0 Å². The average molecular weight is 283 g/mol. The van der Waals surface area contributed by atoms with Crippen molar-refractivity contribution in [2.75, 3.05) is 0 Å². The van der Waals surface area contributed by atoms with Crippen molar-refractivity contribution in [3.63, 3.8) is 0 Å². The fourth-order valence-corrected chi connectivity index (χ4v) is 1.83. The van der Waals surface area contributed by atoms with Gasteiger partial charge in [0.1, 0.15) is 5.52 Å². The second kappa shape index (κ2) is 4.18. The van der Waals surface area contributed by atoms with E-state index in [9.17, 15) is 0 Å². The first-order valence-electron chi connectivity index (χ1n) is 5.28. The van der Waals surface area contributed by atoms with Crippen molar-refractivity contribution in [3.05, 3.63) is 28.6 Å². The van der Waals surface area contributed by atoms with E-state index in [0.29, 0.717) is 0 Å². The summed E-state index contributed by atoms with van der Waals surface area (Å²) in [5.41, 5.74) is 7.46. The molecule has 0 aliphatic carbocycles. The van der Waals surface area contributed by atoms with Gasteiger partial charge in [-0.1, -0.05) is 15.9 Å². The zero-order valence-electron chi connectivity index (χ0n) is 9.46. The summed E-state index contributed by atoms with van der Waals surface area (Å²) in [6.07, 6.45) is 1.64. The van der Waals surface area contributed by atoms with Crippen molar-refractivity contribution in [1.82, 2.24) is 4.98 Å². The van der Waals surface area contributed by atoms with Crippen LogP contribution in [-0.4, -0.2) is 10.5 Å². The van der Waals surface area contributed by atoms with Crippen molar-refractivity contribution in [2.24, 2.45) is 5.73 Å². The number of nitrogens with zero attached hydrogens (tertiary/aromatic N) is 1. The van der Waals surface area contributed by atoms with E-state index in [0.717, 1.165) is 34.3 Å². The third-order valence-electron chi connectivity index (χ3n) is 2.38. The molecule has 0 unspecified atom stereocenters. The highest BCUT2D eigenvalue weighted by atomic mass is 79.9. The van der Waals surface area contributed by atoms with E-state index in [4.69, 9.17) is 10.2 Å². The molecule has 4 heteroatoms. The van der Waals surface area contributed by atoms with Crippen molar-refractivity contribution in [2.45, 2.75) is 32.2 Å². The second-order valence-corrected chi connectivity index (χ2v) is 5.62. The molecule has 0 fully saturated rings. The van der Waals surface area contributed by atoms with Gasteiger partial charge in [0, 0.05) is 16.4 Å². The standard InChI is InChI=1S/C12H15BrN2O/c1-12(2,14)6-5-11-15-9-7-8(13)3-4-10(9)16-11/h3-4,7H,5-6,14H2,1-2H3. The number of aromatic nitrogens is 1. The molecule has 3 nitrogen and oxygen atoms in total. The Hall–Kier alpha value is -0.870. The van der Waals surface area contributed by atoms with E-state index in [-0.39, 0.29) is 5.54 Å². The van der Waals surface area contributed by atoms with Gasteiger partial charge < -0.3 is 10.2 Å². The van der Waals surface area contributed by atoms with Crippen molar-refractivity contribution >= 4 is 27.0 Å². The largest absolute Gasteiger partial charge is 0.441 e. The van der Waals surface area contributed by atoms with E-state index in [1.165, 1.54) is 0 Å². The summed E-state index contributed by atoms with van der Waals surface area (Å²) in [5.74, 6) is 0.756. The number of hydrogen-bond acceptors (Lipinski definition) is 3. The Labute approximate surface area is 103 Å². The van der Waals surface area contributed by atoms with Crippen LogP contribution in [0.15, 0.2) is 27.1 Å². The molecule has 0 atom stereocenters. The van der Waals surface area contributed by atoms with Gasteiger partial charge in [0.2, 0.25) is 0 Å². The van der Waals surface area contributed by atoms with Crippen molar-refractivity contribution in [1.29, 1.82) is 0 Å². The minimum Gasteiger partial charge on any atom is -0.441 e. The first kappa shape index (κ1) is 11.6. The van der Waals surface area contributed by atoms with Gasteiger partial charge in [-0.25, -0.2) is 4.98 Å². The lowest BCUT2D eigenvalue weighted by Crippen LogP contribution is -2.32. The normalized spacial score (nSPS) is 12.2. The third-order valence-corrected chi connectivity index (χ3v) is 2.87. The summed E-state index contributed by atoms with van der Waals surface area (Å²) in [6.45, 7) is 4.01. The number of hydrogen-bond donors (Lipinski definition) is 1. The van der Waals surface area contributed by atoms with Crippen LogP contribution in [0.5, 0.6) is 0 Å². The molecule has 1 aromatic heterocycles. The maximum Gasteiger partial charge on any atom is 0.195 e. The third kappa shape index (κ3) is 2.83. The van der Waals surface area contributed by atoms with Crippen LogP contribution in [0, 0.1) is 0 Å². The molecular formula is C12H15BrN2O. The Balaban J connectivity index is 2.20. The maximum absolute atomic E-state index is 5.92. The summed E-state index contributed by atoms with van der Waals surface area (Å²) in [4.78, 5) is 4.42. The molecule has 0 radical (unpaired) electrons. The Morgan fingerprint density at radius 3 is 2.88 bits per heavy atom. The quantitative estimate of drug-likeness (QED) is 0.940. The molecule has 1 aromatic carbocycles. The van der Waals surface area contributed by atoms with Crippen LogP contribution in [0.3, 0.4) is 0 Å². The van der Waals surface area contributed by atoms with Gasteiger partial charge in [0.05, 0.1) is 0 Å². The molecule has 0 bridgehead atoms. The summed E-state index contributed by atoms with van der Waals surface area (Å²) >= 11 is 3.41. The van der Waals surface area contributed by atoms with E-state index in [1.807, 2.05) is 32.0 Å². The molecule has 86 valence electrons. The van der Waals surface area contributed by atoms with Gasteiger partial charge in [-0.05, 0) is 38.5 Å². The van der Waals surface area contributed by atoms with E-state index in [2.05, 4.69) is 20.9 Å². The van der Waals surface area contributed by atoms with Gasteiger partial charge in [0.15, 0.2) is 11.5 Å². The van der Waals surface area contributed by atoms with Crippen LogP contribution in [0.25, 0.3) is 11.1 Å². The Morgan fingerprint density at radius 2 is 2.19 bits per heavy atom. The molecule has 0 aliphatic rings. The minimum absolute atomic E-state index is 0.179. The van der Waals surface area contributed by atoms with Gasteiger partial charge in [0.25, 0.3) is 0 Å². The lowest BCUT2D eigenvalue weighted by atomic mass is 10.0. The average Bonchev–Trinajstić information content (AvgIpc) is 2.55. The van der Waals surface area contributed by atoms with E-state index < -0.39 is 0 Å². The number of aryl methyl sites for hydroxylation is 1. The van der Waals surface area contributed by atoms with E-state index in [1.54, 1.807) is 0 Å². The number of halogens is 1. The smallest absolute Gasteiger partial charge is 0.195 e. The lowest BCUT2D eigenvalue weighted by Gasteiger charge is -2.16. The molecule has 2 rings (SSSR count). The highest BCUT2D eigenvalue weighted by molar-refractivity contribution is 9.10. The minimum atomic E-state index is -0.179. The van der Waals surface area contributed by atoms with Crippen LogP contribution in [0.2, 0.25) is 0 Å². The fraction of sp³-hybridized carbons (Fsp3) is 0.417. The first-order chi connectivity index (χ1) is 7.44. The summed E-state index contributed by atoms with van der Waals surface area (Å²) in [5, 5.41) is 0. The zero-order valence-corrected chi connectivity index (χ0v) is 11.0. The fourth-order valence-electron chi connectivity index (χ4n) is 1.48. The number of oxazole rings is 1. The van der Waals surface area contributed by atoms with Crippen LogP contribution in [-0.2, 0) is 6.42 Å². The zero-order chi connectivity index (χ0) is 11.8. The SMILES string of the molecule is CC(C)(N)CCc1nc2cc(Br)ccc2o1. The highest BCUT2D eigenvalue weighted by Crippen LogP contribution is 2.21. The molecule has 0 spiro atoms. The van der Waals surface area contributed by atoms with Crippen LogP contribution in [0.1, 0.15) is 26.2 Å². The van der Waals surface area contributed by atoms with Crippen LogP contribution < -0.4 is 5.73 Å².